The van der Waals surface area contributed by atoms with Crippen LogP contribution in [0.2, 0.25) is 0 Å². The molecule has 0 radical (unpaired) electrons. The lowest BCUT2D eigenvalue weighted by Crippen LogP contribution is -2.77. The number of likely N-dealkylation sites (tertiary alicyclic amines) is 1. The van der Waals surface area contributed by atoms with Crippen LogP contribution in [0.3, 0.4) is 0 Å². The zero-order valence-corrected chi connectivity index (χ0v) is 29.3. The molecule has 1 spiro atoms. The Labute approximate surface area is 292 Å². The van der Waals surface area contributed by atoms with Crippen molar-refractivity contribution in [1.29, 1.82) is 0 Å². The van der Waals surface area contributed by atoms with E-state index in [1.165, 1.54) is 47.9 Å². The van der Waals surface area contributed by atoms with Crippen molar-refractivity contribution in [3.63, 3.8) is 0 Å². The summed E-state index contributed by atoms with van der Waals surface area (Å²) in [5.74, 6) is 2.62. The van der Waals surface area contributed by atoms with Gasteiger partial charge in [-0.1, -0.05) is 79.6 Å². The van der Waals surface area contributed by atoms with Gasteiger partial charge in [0, 0.05) is 30.2 Å². The van der Waals surface area contributed by atoms with E-state index >= 15 is 0 Å². The lowest BCUT2D eigenvalue weighted by atomic mass is 9.51. The summed E-state index contributed by atoms with van der Waals surface area (Å²) in [6, 6.07) is 25.8. The van der Waals surface area contributed by atoms with Crippen molar-refractivity contribution in [3.8, 4) is 11.5 Å². The van der Waals surface area contributed by atoms with Crippen LogP contribution in [0.25, 0.3) is 0 Å². The summed E-state index contributed by atoms with van der Waals surface area (Å²) in [5, 5.41) is 11.8. The van der Waals surface area contributed by atoms with E-state index in [-0.39, 0.29) is 17.4 Å². The highest BCUT2D eigenvalue weighted by Gasteiger charge is 2.69. The summed E-state index contributed by atoms with van der Waals surface area (Å²) in [4.78, 5) is 14.8. The molecule has 3 aliphatic carbocycles. The number of rotatable bonds is 15. The number of aryl methyl sites for hydroxylation is 2. The molecule has 2 bridgehead atoms. The van der Waals surface area contributed by atoms with Crippen molar-refractivity contribution < 1.29 is 24.0 Å². The molecule has 260 valence electrons. The van der Waals surface area contributed by atoms with E-state index in [2.05, 4.69) is 72.2 Å². The van der Waals surface area contributed by atoms with Crippen LogP contribution in [0.1, 0.15) is 92.9 Å². The van der Waals surface area contributed by atoms with Crippen LogP contribution in [0.5, 0.6) is 11.5 Å². The summed E-state index contributed by atoms with van der Waals surface area (Å²) in [5.41, 5.74) is 9.21. The number of ether oxygens (including phenoxy) is 2. The van der Waals surface area contributed by atoms with Gasteiger partial charge in [-0.3, -0.25) is 4.79 Å². The Morgan fingerprint density at radius 3 is 2.43 bits per heavy atom. The summed E-state index contributed by atoms with van der Waals surface area (Å²) in [6.07, 6.45) is 13.7. The van der Waals surface area contributed by atoms with Crippen molar-refractivity contribution in [2.75, 3.05) is 20.2 Å². The molecule has 0 aromatic heterocycles. The minimum atomic E-state index is -0.651. The Hall–Kier alpha value is -3.35. The van der Waals surface area contributed by atoms with Crippen molar-refractivity contribution >= 4 is 5.91 Å². The number of nitrogens with one attached hydrogen (secondary N) is 1. The first-order chi connectivity index (χ1) is 24.0. The van der Waals surface area contributed by atoms with Crippen LogP contribution in [0.15, 0.2) is 72.8 Å². The van der Waals surface area contributed by atoms with Crippen LogP contribution in [0.4, 0.5) is 0 Å². The molecule has 3 aromatic rings. The zero-order valence-electron chi connectivity index (χ0n) is 29.3. The third kappa shape index (κ3) is 6.18. The van der Waals surface area contributed by atoms with Crippen LogP contribution in [-0.2, 0) is 29.5 Å². The molecule has 7 atom stereocenters. The average Bonchev–Trinajstić information content (AvgIpc) is 3.87. The fourth-order valence-electron chi connectivity index (χ4n) is 10.6. The summed E-state index contributed by atoms with van der Waals surface area (Å²) in [6.45, 7) is 1.94. The number of unbranched alkanes of at least 4 members (excludes halogenated alkanes) is 2. The van der Waals surface area contributed by atoms with Gasteiger partial charge >= 0.3 is 0 Å². The first kappa shape index (κ1) is 32.8. The third-order valence-corrected chi connectivity index (χ3v) is 13.1. The van der Waals surface area contributed by atoms with E-state index in [4.69, 9.17) is 9.47 Å². The third-order valence-electron chi connectivity index (χ3n) is 13.1. The molecular formula is C43H55N2O4+. The summed E-state index contributed by atoms with van der Waals surface area (Å²) >= 11 is 0. The average molecular weight is 664 g/mol. The monoisotopic (exact) mass is 663 g/mol. The highest BCUT2D eigenvalue weighted by molar-refractivity contribution is 5.78. The molecule has 5 aliphatic rings. The maximum atomic E-state index is 14.8. The molecule has 3 aromatic carbocycles. The lowest BCUT2D eigenvalue weighted by Gasteiger charge is -2.61. The molecule has 2 heterocycles. The predicted octanol–water partition coefficient (Wildman–Crippen LogP) is 7.49. The Morgan fingerprint density at radius 1 is 0.939 bits per heavy atom. The minimum Gasteiger partial charge on any atom is -0.493 e. The van der Waals surface area contributed by atoms with E-state index in [0.29, 0.717) is 35.3 Å². The van der Waals surface area contributed by atoms with Gasteiger partial charge in [-0.2, -0.15) is 0 Å². The highest BCUT2D eigenvalue weighted by atomic mass is 16.5. The molecule has 2 aliphatic heterocycles. The van der Waals surface area contributed by atoms with Gasteiger partial charge in [-0.15, -0.1) is 0 Å². The number of quaternary nitrogens is 1. The van der Waals surface area contributed by atoms with Crippen LogP contribution < -0.4 is 14.9 Å². The molecule has 49 heavy (non-hydrogen) atoms. The number of aliphatic hydroxyl groups excluding tert-OH is 1. The van der Waals surface area contributed by atoms with Crippen LogP contribution >= 0.6 is 0 Å². The van der Waals surface area contributed by atoms with Crippen LogP contribution in [-0.4, -0.2) is 54.1 Å². The number of aliphatic hydroxyl groups is 1. The van der Waals surface area contributed by atoms with Crippen molar-refractivity contribution in [2.45, 2.75) is 114 Å². The number of hydrogen-bond acceptors (Lipinski definition) is 4. The molecule has 2 N–H and O–H groups in total. The second-order valence-electron chi connectivity index (χ2n) is 16.0. The number of benzene rings is 3. The molecule has 2 saturated carbocycles. The van der Waals surface area contributed by atoms with E-state index in [9.17, 15) is 9.90 Å². The lowest BCUT2D eigenvalue weighted by molar-refractivity contribution is -0.995. The SMILES string of the molecule is COc1ccc2c3c1O[C@H]1CCC[C@H]4[C@@H](C2)[N+](CC2CC2)(NC(=O)C(CCc2ccccc2)C(O)CCCCCc2ccccc2)CC[C@]314. The molecule has 8 rings (SSSR count). The normalized spacial score (nSPS) is 29.0. The molecule has 1 amide bonds. The molecule has 3 fully saturated rings. The molecule has 6 nitrogen and oxygen atoms in total. The van der Waals surface area contributed by atoms with E-state index < -0.39 is 12.0 Å². The Morgan fingerprint density at radius 2 is 1.69 bits per heavy atom. The maximum Gasteiger partial charge on any atom is 0.270 e. The van der Waals surface area contributed by atoms with Gasteiger partial charge in [0.2, 0.25) is 0 Å². The number of methoxy groups -OCH3 is 1. The van der Waals surface area contributed by atoms with Gasteiger partial charge < -0.3 is 14.6 Å². The summed E-state index contributed by atoms with van der Waals surface area (Å²) < 4.78 is 13.3. The first-order valence-corrected chi connectivity index (χ1v) is 19.3. The van der Waals surface area contributed by atoms with Crippen molar-refractivity contribution in [1.82, 2.24) is 5.43 Å². The Kier molecular flexibility index (Phi) is 9.21. The first-order valence-electron chi connectivity index (χ1n) is 19.3. The standard InChI is InChI=1S/C43H54N2O4/c1-48-38-25-23-33-28-36-35-17-11-19-39-43(35,40(33)41(38)49-39)26-27-45(36,29-32-20-21-32)44-42(47)34(24-22-31-15-7-3-8-16-31)37(46)18-10-4-9-14-30-12-5-2-6-13-30/h2-3,5-8,12-13,15-16,23,25,32,34-37,39,46H,4,9-11,14,17-22,24,26-29H2,1H3/p+1/t34?,35-,36+,37?,39-,43+,45?/m0/s1. The second kappa shape index (κ2) is 13.8. The van der Waals surface area contributed by atoms with Gasteiger partial charge in [-0.25, -0.2) is 10.0 Å². The Balaban J connectivity index is 1.03. The maximum absolute atomic E-state index is 14.8. The fourth-order valence-corrected chi connectivity index (χ4v) is 10.6. The van der Waals surface area contributed by atoms with E-state index in [0.717, 1.165) is 76.0 Å². The molecule has 3 unspecified atom stereocenters. The zero-order chi connectivity index (χ0) is 33.4. The topological polar surface area (TPSA) is 67.8 Å². The van der Waals surface area contributed by atoms with E-state index in [1.54, 1.807) is 7.11 Å². The number of carbonyl (C=O) groups is 1. The number of amides is 1. The summed E-state index contributed by atoms with van der Waals surface area (Å²) in [7, 11) is 1.76. The van der Waals surface area contributed by atoms with Crippen LogP contribution in [0, 0.1) is 17.8 Å². The number of carbonyl (C=O) groups excluding carboxylic acids is 1. The van der Waals surface area contributed by atoms with Gasteiger partial charge in [-0.05, 0) is 87.0 Å². The quantitative estimate of drug-likeness (QED) is 0.131. The van der Waals surface area contributed by atoms with Crippen molar-refractivity contribution in [2.24, 2.45) is 17.8 Å². The predicted molar refractivity (Wildman–Crippen MR) is 192 cm³/mol. The van der Waals surface area contributed by atoms with Gasteiger partial charge in [0.05, 0.1) is 24.5 Å². The highest BCUT2D eigenvalue weighted by Crippen LogP contribution is 2.65. The van der Waals surface area contributed by atoms with E-state index in [1.807, 2.05) is 6.07 Å². The number of nitrogens with zero attached hydrogens (tertiary/aromatic N) is 1. The molecule has 1 saturated heterocycles. The fraction of sp³-hybridized carbons (Fsp3) is 0.558. The number of piperidine rings is 1. The largest absolute Gasteiger partial charge is 0.493 e. The van der Waals surface area contributed by atoms with Gasteiger partial charge in [0.1, 0.15) is 25.2 Å². The van der Waals surface area contributed by atoms with Crippen molar-refractivity contribution in [3.05, 3.63) is 95.1 Å². The smallest absolute Gasteiger partial charge is 0.270 e. The Bertz CT molecular complexity index is 1610. The molecule has 6 heteroatoms. The molecular weight excluding hydrogens is 608 g/mol. The minimum absolute atomic E-state index is 0.0162. The number of hydrogen-bond donors (Lipinski definition) is 2. The van der Waals surface area contributed by atoms with Gasteiger partial charge in [0.25, 0.3) is 5.91 Å². The van der Waals surface area contributed by atoms with Gasteiger partial charge in [0.15, 0.2) is 11.5 Å². The second-order valence-corrected chi connectivity index (χ2v) is 16.0.